The van der Waals surface area contributed by atoms with Crippen molar-refractivity contribution in [3.63, 3.8) is 0 Å². The summed E-state index contributed by atoms with van der Waals surface area (Å²) in [6.07, 6.45) is 1.40. The molecule has 0 spiro atoms. The lowest BCUT2D eigenvalue weighted by Gasteiger charge is -2.27. The molecule has 1 saturated heterocycles. The normalized spacial score (nSPS) is 25.3. The van der Waals surface area contributed by atoms with E-state index in [9.17, 15) is 0 Å². The van der Waals surface area contributed by atoms with Crippen molar-refractivity contribution in [3.05, 3.63) is 0 Å². The van der Waals surface area contributed by atoms with Gasteiger partial charge in [-0.2, -0.15) is 0 Å². The Hall–Kier alpha value is -0.160. The average molecular weight is 230 g/mol. The molecule has 1 rings (SSSR count). The Morgan fingerprint density at radius 3 is 2.94 bits per heavy atom. The topological polar surface area (TPSA) is 42.5 Å². The van der Waals surface area contributed by atoms with E-state index in [4.69, 9.17) is 9.47 Å². The first-order valence-electron chi connectivity index (χ1n) is 6.38. The molecule has 2 N–H and O–H groups in total. The number of hydrogen-bond donors (Lipinski definition) is 2. The third kappa shape index (κ3) is 5.80. The first-order chi connectivity index (χ1) is 7.72. The molecule has 0 aliphatic carbocycles. The van der Waals surface area contributed by atoms with Crippen molar-refractivity contribution in [3.8, 4) is 0 Å². The summed E-state index contributed by atoms with van der Waals surface area (Å²) < 4.78 is 10.9. The highest BCUT2D eigenvalue weighted by Crippen LogP contribution is 2.02. The molecule has 0 aromatic heterocycles. The molecule has 4 heteroatoms. The van der Waals surface area contributed by atoms with Crippen LogP contribution in [-0.2, 0) is 9.47 Å². The second-order valence-corrected chi connectivity index (χ2v) is 4.54. The molecule has 1 aliphatic heterocycles. The van der Waals surface area contributed by atoms with Crippen LogP contribution in [0.5, 0.6) is 0 Å². The Kier molecular flexibility index (Phi) is 6.96. The van der Waals surface area contributed by atoms with Crippen LogP contribution in [0, 0.1) is 0 Å². The summed E-state index contributed by atoms with van der Waals surface area (Å²) in [5.74, 6) is 0. The van der Waals surface area contributed by atoms with Gasteiger partial charge in [0.1, 0.15) is 0 Å². The van der Waals surface area contributed by atoms with E-state index < -0.39 is 0 Å². The predicted molar refractivity (Wildman–Crippen MR) is 65.8 cm³/mol. The first-order valence-corrected chi connectivity index (χ1v) is 6.38. The average Bonchev–Trinajstić information content (AvgIpc) is 2.28. The molecule has 96 valence electrons. The standard InChI is InChI=1S/C12H26N2O2/c1-4-16-11(3)8-14-10(2)7-12-9-15-6-5-13-12/h10-14H,4-9H2,1-3H3. The maximum absolute atomic E-state index is 5.48. The summed E-state index contributed by atoms with van der Waals surface area (Å²) in [5.41, 5.74) is 0. The van der Waals surface area contributed by atoms with E-state index in [1.165, 1.54) is 0 Å². The molecule has 4 nitrogen and oxygen atoms in total. The van der Waals surface area contributed by atoms with Gasteiger partial charge in [0.25, 0.3) is 0 Å². The summed E-state index contributed by atoms with van der Waals surface area (Å²) in [4.78, 5) is 0. The van der Waals surface area contributed by atoms with Crippen LogP contribution in [0.1, 0.15) is 27.2 Å². The van der Waals surface area contributed by atoms with E-state index in [1.54, 1.807) is 0 Å². The van der Waals surface area contributed by atoms with E-state index >= 15 is 0 Å². The van der Waals surface area contributed by atoms with Gasteiger partial charge in [0, 0.05) is 31.8 Å². The van der Waals surface area contributed by atoms with Gasteiger partial charge in [-0.3, -0.25) is 0 Å². The van der Waals surface area contributed by atoms with Crippen molar-refractivity contribution < 1.29 is 9.47 Å². The molecule has 3 atom stereocenters. The zero-order valence-corrected chi connectivity index (χ0v) is 10.8. The molecule has 16 heavy (non-hydrogen) atoms. The van der Waals surface area contributed by atoms with Crippen LogP contribution in [0.4, 0.5) is 0 Å². The van der Waals surface area contributed by atoms with Gasteiger partial charge in [-0.1, -0.05) is 0 Å². The summed E-state index contributed by atoms with van der Waals surface area (Å²) in [6.45, 7) is 10.7. The molecular weight excluding hydrogens is 204 g/mol. The SMILES string of the molecule is CCOC(C)CNC(C)CC1COCCN1. The van der Waals surface area contributed by atoms with Crippen molar-refractivity contribution in [1.29, 1.82) is 0 Å². The Morgan fingerprint density at radius 1 is 1.50 bits per heavy atom. The van der Waals surface area contributed by atoms with Crippen molar-refractivity contribution in [1.82, 2.24) is 10.6 Å². The fourth-order valence-electron chi connectivity index (χ4n) is 1.99. The van der Waals surface area contributed by atoms with Crippen LogP contribution >= 0.6 is 0 Å². The van der Waals surface area contributed by atoms with E-state index in [0.717, 1.165) is 39.3 Å². The Morgan fingerprint density at radius 2 is 2.31 bits per heavy atom. The monoisotopic (exact) mass is 230 g/mol. The zero-order chi connectivity index (χ0) is 11.8. The lowest BCUT2D eigenvalue weighted by molar-refractivity contribution is 0.0641. The highest BCUT2D eigenvalue weighted by atomic mass is 16.5. The van der Waals surface area contributed by atoms with Gasteiger partial charge in [-0.15, -0.1) is 0 Å². The second kappa shape index (κ2) is 8.01. The summed E-state index contributed by atoms with van der Waals surface area (Å²) in [7, 11) is 0. The fourth-order valence-corrected chi connectivity index (χ4v) is 1.99. The third-order valence-electron chi connectivity index (χ3n) is 2.84. The number of hydrogen-bond acceptors (Lipinski definition) is 4. The van der Waals surface area contributed by atoms with Gasteiger partial charge < -0.3 is 20.1 Å². The molecular formula is C12H26N2O2. The molecule has 0 radical (unpaired) electrons. The lowest BCUT2D eigenvalue weighted by Crippen LogP contribution is -2.45. The van der Waals surface area contributed by atoms with E-state index in [0.29, 0.717) is 18.2 Å². The zero-order valence-electron chi connectivity index (χ0n) is 10.8. The molecule has 0 saturated carbocycles. The molecule has 3 unspecified atom stereocenters. The number of rotatable bonds is 7. The predicted octanol–water partition coefficient (Wildman–Crippen LogP) is 0.768. The van der Waals surface area contributed by atoms with Gasteiger partial charge in [-0.25, -0.2) is 0 Å². The van der Waals surface area contributed by atoms with E-state index in [2.05, 4.69) is 24.5 Å². The Bertz CT molecular complexity index is 172. The molecule has 1 aliphatic rings. The highest BCUT2D eigenvalue weighted by Gasteiger charge is 2.16. The van der Waals surface area contributed by atoms with Crippen molar-refractivity contribution in [2.24, 2.45) is 0 Å². The Labute approximate surface area is 99.1 Å². The third-order valence-corrected chi connectivity index (χ3v) is 2.84. The van der Waals surface area contributed by atoms with Crippen LogP contribution in [0.3, 0.4) is 0 Å². The van der Waals surface area contributed by atoms with Gasteiger partial charge in [0.05, 0.1) is 19.3 Å². The number of nitrogens with one attached hydrogen (secondary N) is 2. The smallest absolute Gasteiger partial charge is 0.0671 e. The molecule has 1 fully saturated rings. The van der Waals surface area contributed by atoms with Gasteiger partial charge in [-0.05, 0) is 27.2 Å². The second-order valence-electron chi connectivity index (χ2n) is 4.54. The summed E-state index contributed by atoms with van der Waals surface area (Å²) in [5, 5.41) is 6.96. The molecule has 1 heterocycles. The fraction of sp³-hybridized carbons (Fsp3) is 1.00. The molecule has 0 bridgehead atoms. The Balaban J connectivity index is 2.07. The van der Waals surface area contributed by atoms with Gasteiger partial charge in [0.2, 0.25) is 0 Å². The highest BCUT2D eigenvalue weighted by molar-refractivity contribution is 4.76. The minimum Gasteiger partial charge on any atom is -0.379 e. The number of morpholine rings is 1. The van der Waals surface area contributed by atoms with Crippen molar-refractivity contribution >= 4 is 0 Å². The van der Waals surface area contributed by atoms with Gasteiger partial charge in [0.15, 0.2) is 0 Å². The minimum absolute atomic E-state index is 0.294. The van der Waals surface area contributed by atoms with Crippen molar-refractivity contribution in [2.75, 3.05) is 32.9 Å². The maximum Gasteiger partial charge on any atom is 0.0671 e. The van der Waals surface area contributed by atoms with Crippen LogP contribution < -0.4 is 10.6 Å². The largest absolute Gasteiger partial charge is 0.379 e. The molecule has 0 aromatic rings. The van der Waals surface area contributed by atoms with Gasteiger partial charge >= 0.3 is 0 Å². The summed E-state index contributed by atoms with van der Waals surface area (Å²) >= 11 is 0. The van der Waals surface area contributed by atoms with Crippen LogP contribution in [0.25, 0.3) is 0 Å². The summed E-state index contributed by atoms with van der Waals surface area (Å²) in [6, 6.07) is 1.00. The minimum atomic E-state index is 0.294. The molecule has 0 amide bonds. The van der Waals surface area contributed by atoms with E-state index in [-0.39, 0.29) is 0 Å². The first kappa shape index (κ1) is 13.9. The van der Waals surface area contributed by atoms with E-state index in [1.807, 2.05) is 6.92 Å². The maximum atomic E-state index is 5.48. The van der Waals surface area contributed by atoms with Crippen molar-refractivity contribution in [2.45, 2.75) is 45.4 Å². The number of ether oxygens (including phenoxy) is 2. The van der Waals surface area contributed by atoms with Crippen LogP contribution in [-0.4, -0.2) is 51.1 Å². The molecule has 0 aromatic carbocycles. The van der Waals surface area contributed by atoms with Crippen LogP contribution in [0.15, 0.2) is 0 Å². The quantitative estimate of drug-likeness (QED) is 0.678. The lowest BCUT2D eigenvalue weighted by atomic mass is 10.1. The van der Waals surface area contributed by atoms with Crippen LogP contribution in [0.2, 0.25) is 0 Å².